The lowest BCUT2D eigenvalue weighted by atomic mass is 9.94. The summed E-state index contributed by atoms with van der Waals surface area (Å²) in [5, 5.41) is 12.8. The summed E-state index contributed by atoms with van der Waals surface area (Å²) in [7, 11) is 2.14. The molecule has 2 rings (SSSR count). The number of likely N-dealkylation sites (tertiary alicyclic amines) is 1. The number of phenols is 1. The molecule has 1 aliphatic rings. The highest BCUT2D eigenvalue weighted by molar-refractivity contribution is 5.28. The highest BCUT2D eigenvalue weighted by atomic mass is 19.1. The third-order valence-electron chi connectivity index (χ3n) is 3.62. The SMILES string of the molecule is CC1CN(C)CCC1NCc1cc(O)cc(F)c1. The molecular formula is C14H21FN2O. The maximum atomic E-state index is 13.1. The van der Waals surface area contributed by atoms with Gasteiger partial charge in [0.1, 0.15) is 11.6 Å². The maximum Gasteiger partial charge on any atom is 0.127 e. The van der Waals surface area contributed by atoms with Crippen LogP contribution < -0.4 is 5.32 Å². The van der Waals surface area contributed by atoms with Gasteiger partial charge in [-0.15, -0.1) is 0 Å². The van der Waals surface area contributed by atoms with E-state index in [0.717, 1.165) is 31.1 Å². The van der Waals surface area contributed by atoms with Crippen molar-refractivity contribution in [1.82, 2.24) is 10.2 Å². The smallest absolute Gasteiger partial charge is 0.127 e. The molecule has 0 aliphatic carbocycles. The fourth-order valence-electron chi connectivity index (χ4n) is 2.64. The minimum atomic E-state index is -0.386. The second-order valence-corrected chi connectivity index (χ2v) is 5.33. The van der Waals surface area contributed by atoms with Gasteiger partial charge in [-0.25, -0.2) is 4.39 Å². The lowest BCUT2D eigenvalue weighted by Crippen LogP contribution is -2.46. The zero-order valence-electron chi connectivity index (χ0n) is 11.0. The average Bonchev–Trinajstić information content (AvgIpc) is 2.26. The predicted octanol–water partition coefficient (Wildman–Crippen LogP) is 1.96. The first-order valence-electron chi connectivity index (χ1n) is 6.45. The third-order valence-corrected chi connectivity index (χ3v) is 3.62. The molecule has 1 aliphatic heterocycles. The second-order valence-electron chi connectivity index (χ2n) is 5.33. The van der Waals surface area contributed by atoms with E-state index in [1.807, 2.05) is 0 Å². The van der Waals surface area contributed by atoms with Crippen molar-refractivity contribution >= 4 is 0 Å². The first-order valence-corrected chi connectivity index (χ1v) is 6.45. The molecule has 100 valence electrons. The van der Waals surface area contributed by atoms with E-state index in [4.69, 9.17) is 0 Å². The maximum absolute atomic E-state index is 13.1. The van der Waals surface area contributed by atoms with E-state index in [0.29, 0.717) is 18.5 Å². The summed E-state index contributed by atoms with van der Waals surface area (Å²) in [6.07, 6.45) is 1.11. The van der Waals surface area contributed by atoms with Gasteiger partial charge in [-0.1, -0.05) is 6.92 Å². The number of benzene rings is 1. The number of aromatic hydroxyl groups is 1. The molecule has 0 spiro atoms. The molecule has 18 heavy (non-hydrogen) atoms. The number of phenolic OH excluding ortho intramolecular Hbond substituents is 1. The fourth-order valence-corrected chi connectivity index (χ4v) is 2.64. The Hall–Kier alpha value is -1.13. The predicted molar refractivity (Wildman–Crippen MR) is 70.0 cm³/mol. The molecule has 2 atom stereocenters. The van der Waals surface area contributed by atoms with Crippen LogP contribution in [0.2, 0.25) is 0 Å². The largest absolute Gasteiger partial charge is 0.508 e. The van der Waals surface area contributed by atoms with Crippen molar-refractivity contribution < 1.29 is 9.50 Å². The van der Waals surface area contributed by atoms with Crippen molar-refractivity contribution in [2.24, 2.45) is 5.92 Å². The number of halogens is 1. The summed E-state index contributed by atoms with van der Waals surface area (Å²) in [4.78, 5) is 2.33. The van der Waals surface area contributed by atoms with E-state index in [2.05, 4.69) is 24.2 Å². The summed E-state index contributed by atoms with van der Waals surface area (Å²) in [6, 6.07) is 4.66. The van der Waals surface area contributed by atoms with Crippen molar-refractivity contribution in [2.75, 3.05) is 20.1 Å². The molecule has 2 N–H and O–H groups in total. The van der Waals surface area contributed by atoms with Crippen LogP contribution in [0.5, 0.6) is 5.75 Å². The summed E-state index contributed by atoms with van der Waals surface area (Å²) in [5.41, 5.74) is 0.790. The van der Waals surface area contributed by atoms with E-state index in [9.17, 15) is 9.50 Å². The van der Waals surface area contributed by atoms with E-state index in [1.165, 1.54) is 6.07 Å². The van der Waals surface area contributed by atoms with E-state index in [-0.39, 0.29) is 11.6 Å². The molecule has 4 heteroatoms. The van der Waals surface area contributed by atoms with Gasteiger partial charge in [-0.3, -0.25) is 0 Å². The molecule has 0 bridgehead atoms. The molecule has 1 saturated heterocycles. The van der Waals surface area contributed by atoms with Gasteiger partial charge in [-0.2, -0.15) is 0 Å². The van der Waals surface area contributed by atoms with Gasteiger partial charge in [0.25, 0.3) is 0 Å². The lowest BCUT2D eigenvalue weighted by Gasteiger charge is -2.35. The van der Waals surface area contributed by atoms with Crippen LogP contribution in [0.15, 0.2) is 18.2 Å². The Morgan fingerprint density at radius 3 is 2.89 bits per heavy atom. The minimum Gasteiger partial charge on any atom is -0.508 e. The number of nitrogens with one attached hydrogen (secondary N) is 1. The zero-order valence-corrected chi connectivity index (χ0v) is 11.0. The molecule has 2 unspecified atom stereocenters. The Labute approximate surface area is 108 Å². The Morgan fingerprint density at radius 2 is 2.22 bits per heavy atom. The van der Waals surface area contributed by atoms with Crippen LogP contribution in [0.3, 0.4) is 0 Å². The monoisotopic (exact) mass is 252 g/mol. The number of hydrogen-bond acceptors (Lipinski definition) is 3. The summed E-state index contributed by atoms with van der Waals surface area (Å²) < 4.78 is 13.1. The van der Waals surface area contributed by atoms with Gasteiger partial charge in [-0.05, 0) is 43.6 Å². The summed E-state index contributed by atoms with van der Waals surface area (Å²) in [5.74, 6) is 0.192. The van der Waals surface area contributed by atoms with E-state index < -0.39 is 0 Å². The van der Waals surface area contributed by atoms with E-state index >= 15 is 0 Å². The van der Waals surface area contributed by atoms with Crippen LogP contribution in [0.1, 0.15) is 18.9 Å². The van der Waals surface area contributed by atoms with Gasteiger partial charge in [0.15, 0.2) is 0 Å². The average molecular weight is 252 g/mol. The standard InChI is InChI=1S/C14H21FN2O/c1-10-9-17(2)4-3-14(10)16-8-11-5-12(15)7-13(18)6-11/h5-7,10,14,16,18H,3-4,8-9H2,1-2H3. The molecule has 1 heterocycles. The van der Waals surface area contributed by atoms with Crippen LogP contribution in [0, 0.1) is 11.7 Å². The van der Waals surface area contributed by atoms with Crippen LogP contribution in [0.4, 0.5) is 4.39 Å². The van der Waals surface area contributed by atoms with Gasteiger partial charge in [0.05, 0.1) is 0 Å². The lowest BCUT2D eigenvalue weighted by molar-refractivity contribution is 0.174. The number of nitrogens with zero attached hydrogens (tertiary/aromatic N) is 1. The summed E-state index contributed by atoms with van der Waals surface area (Å²) in [6.45, 7) is 5.02. The highest BCUT2D eigenvalue weighted by Crippen LogP contribution is 2.18. The molecule has 0 saturated carbocycles. The van der Waals surface area contributed by atoms with Gasteiger partial charge >= 0.3 is 0 Å². The molecule has 1 aromatic carbocycles. The number of piperidine rings is 1. The Kier molecular flexibility index (Phi) is 4.19. The van der Waals surface area contributed by atoms with Gasteiger partial charge in [0, 0.05) is 25.2 Å². The molecule has 1 aromatic rings. The second kappa shape index (κ2) is 5.67. The fraction of sp³-hybridized carbons (Fsp3) is 0.571. The topological polar surface area (TPSA) is 35.5 Å². The Morgan fingerprint density at radius 1 is 1.44 bits per heavy atom. The number of rotatable bonds is 3. The quantitative estimate of drug-likeness (QED) is 0.863. The third kappa shape index (κ3) is 3.43. The molecule has 0 aromatic heterocycles. The zero-order chi connectivity index (χ0) is 13.1. The van der Waals surface area contributed by atoms with Crippen molar-refractivity contribution in [2.45, 2.75) is 25.9 Å². The van der Waals surface area contributed by atoms with Crippen LogP contribution in [-0.4, -0.2) is 36.2 Å². The first kappa shape index (κ1) is 13.3. The molecule has 3 nitrogen and oxygen atoms in total. The van der Waals surface area contributed by atoms with Crippen LogP contribution >= 0.6 is 0 Å². The van der Waals surface area contributed by atoms with Crippen molar-refractivity contribution in [1.29, 1.82) is 0 Å². The first-order chi connectivity index (χ1) is 8.54. The normalized spacial score (nSPS) is 25.3. The molecule has 0 radical (unpaired) electrons. The summed E-state index contributed by atoms with van der Waals surface area (Å²) >= 11 is 0. The van der Waals surface area contributed by atoms with E-state index in [1.54, 1.807) is 6.07 Å². The highest BCUT2D eigenvalue weighted by Gasteiger charge is 2.23. The van der Waals surface area contributed by atoms with Crippen molar-refractivity contribution in [3.05, 3.63) is 29.6 Å². The molecular weight excluding hydrogens is 231 g/mol. The number of hydrogen-bond donors (Lipinski definition) is 2. The van der Waals surface area contributed by atoms with Crippen LogP contribution in [0.25, 0.3) is 0 Å². The van der Waals surface area contributed by atoms with Gasteiger partial charge < -0.3 is 15.3 Å². The Balaban J connectivity index is 1.91. The van der Waals surface area contributed by atoms with Crippen molar-refractivity contribution in [3.63, 3.8) is 0 Å². The molecule has 0 amide bonds. The van der Waals surface area contributed by atoms with Crippen molar-refractivity contribution in [3.8, 4) is 5.75 Å². The Bertz CT molecular complexity index is 391. The van der Waals surface area contributed by atoms with Gasteiger partial charge in [0.2, 0.25) is 0 Å². The van der Waals surface area contributed by atoms with Crippen LogP contribution in [-0.2, 0) is 6.54 Å². The molecule has 1 fully saturated rings. The minimum absolute atomic E-state index is 0.0109.